The first-order valence-corrected chi connectivity index (χ1v) is 8.95. The fourth-order valence-corrected chi connectivity index (χ4v) is 6.02. The van der Waals surface area contributed by atoms with Crippen LogP contribution in [-0.4, -0.2) is 33.6 Å². The Bertz CT molecular complexity index is 537. The molecule has 0 aromatic heterocycles. The third-order valence-electron chi connectivity index (χ3n) is 7.48. The van der Waals surface area contributed by atoms with Crippen molar-refractivity contribution in [1.82, 2.24) is 0 Å². The Morgan fingerprint density at radius 2 is 1.78 bits per heavy atom. The van der Waals surface area contributed by atoms with Crippen molar-refractivity contribution >= 4 is 0 Å². The molecular weight excluding hydrogens is 288 g/mol. The van der Waals surface area contributed by atoms with Crippen molar-refractivity contribution in [2.24, 2.45) is 28.1 Å². The van der Waals surface area contributed by atoms with E-state index in [1.165, 1.54) is 5.57 Å². The van der Waals surface area contributed by atoms with Gasteiger partial charge in [-0.05, 0) is 30.6 Å². The summed E-state index contributed by atoms with van der Waals surface area (Å²) in [5.74, 6) is 0.190. The Hall–Kier alpha value is -0.640. The van der Waals surface area contributed by atoms with Crippen LogP contribution in [0.5, 0.6) is 0 Å². The molecule has 0 amide bonds. The average molecular weight is 320 g/mol. The Morgan fingerprint density at radius 1 is 1.13 bits per heavy atom. The van der Waals surface area contributed by atoms with Crippen molar-refractivity contribution in [3.63, 3.8) is 0 Å². The van der Waals surface area contributed by atoms with E-state index in [0.29, 0.717) is 12.8 Å². The Balaban J connectivity index is 2.08. The zero-order valence-electron chi connectivity index (χ0n) is 14.9. The molecule has 0 heterocycles. The first-order chi connectivity index (χ1) is 10.6. The van der Waals surface area contributed by atoms with Crippen molar-refractivity contribution in [3.8, 4) is 0 Å². The third kappa shape index (κ3) is 2.27. The van der Waals surface area contributed by atoms with Gasteiger partial charge in [0.05, 0.1) is 18.3 Å². The average Bonchev–Trinajstić information content (AvgIpc) is 2.45. The highest BCUT2D eigenvalue weighted by Crippen LogP contribution is 2.63. The molecule has 3 aliphatic carbocycles. The zero-order chi connectivity index (χ0) is 17.2. The highest BCUT2D eigenvalue weighted by atomic mass is 16.3. The van der Waals surface area contributed by atoms with Crippen molar-refractivity contribution < 1.29 is 15.3 Å². The Labute approximate surface area is 140 Å². The minimum Gasteiger partial charge on any atom is -0.392 e. The summed E-state index contributed by atoms with van der Waals surface area (Å²) in [6.45, 7) is 12.4. The minimum absolute atomic E-state index is 0.0175. The molecule has 0 bridgehead atoms. The number of fused-ring (bicyclic) bond motifs is 3. The highest BCUT2D eigenvalue weighted by molar-refractivity contribution is 5.29. The summed E-state index contributed by atoms with van der Waals surface area (Å²) in [5.41, 5.74) is 0.493. The summed E-state index contributed by atoms with van der Waals surface area (Å²) in [4.78, 5) is 0. The van der Waals surface area contributed by atoms with Crippen molar-refractivity contribution in [3.05, 3.63) is 24.3 Å². The van der Waals surface area contributed by atoms with Crippen LogP contribution in [0.1, 0.15) is 53.4 Å². The Kier molecular flexibility index (Phi) is 3.87. The van der Waals surface area contributed by atoms with Gasteiger partial charge in [0.25, 0.3) is 0 Å². The lowest BCUT2D eigenvalue weighted by atomic mass is 9.43. The van der Waals surface area contributed by atoms with Crippen molar-refractivity contribution in [1.29, 1.82) is 0 Å². The molecule has 23 heavy (non-hydrogen) atoms. The quantitative estimate of drug-likeness (QED) is 0.651. The number of aliphatic hydroxyl groups is 3. The standard InChI is InChI=1S/C20H32O3/c1-6-19(4)10-12-7-8-14-18(2,3)15(22)9-16(23)20(14,5)17(12)13(21)11-19/h6,10,13-17,21-23H,1,7-9,11H2,2-5H3/t13-,14+,15+,16+,17-,19-,20-/m1/s1. The topological polar surface area (TPSA) is 60.7 Å². The zero-order valence-corrected chi connectivity index (χ0v) is 14.9. The second-order valence-corrected chi connectivity index (χ2v) is 9.22. The summed E-state index contributed by atoms with van der Waals surface area (Å²) in [6, 6.07) is 0. The van der Waals surface area contributed by atoms with E-state index in [1.807, 2.05) is 6.08 Å². The minimum atomic E-state index is -0.577. The molecule has 0 aromatic carbocycles. The summed E-state index contributed by atoms with van der Waals surface area (Å²) in [5, 5.41) is 32.4. The van der Waals surface area contributed by atoms with Gasteiger partial charge < -0.3 is 15.3 Å². The summed E-state index contributed by atoms with van der Waals surface area (Å²) in [7, 11) is 0. The number of hydrogen-bond donors (Lipinski definition) is 3. The lowest BCUT2D eigenvalue weighted by Gasteiger charge is -2.63. The van der Waals surface area contributed by atoms with Crippen LogP contribution in [0.25, 0.3) is 0 Å². The predicted octanol–water partition coefficient (Wildman–Crippen LogP) is 3.05. The van der Waals surface area contributed by atoms with Gasteiger partial charge in [0.15, 0.2) is 0 Å². The van der Waals surface area contributed by atoms with E-state index in [4.69, 9.17) is 0 Å². The number of allylic oxidation sites excluding steroid dienone is 2. The molecule has 3 N–H and O–H groups in total. The van der Waals surface area contributed by atoms with Gasteiger partial charge in [-0.25, -0.2) is 0 Å². The van der Waals surface area contributed by atoms with Crippen LogP contribution >= 0.6 is 0 Å². The fraction of sp³-hybridized carbons (Fsp3) is 0.800. The van der Waals surface area contributed by atoms with E-state index in [9.17, 15) is 15.3 Å². The van der Waals surface area contributed by atoms with E-state index in [0.717, 1.165) is 12.8 Å². The van der Waals surface area contributed by atoms with E-state index in [1.54, 1.807) is 0 Å². The van der Waals surface area contributed by atoms with Crippen molar-refractivity contribution in [2.45, 2.75) is 71.7 Å². The molecule has 2 fully saturated rings. The first kappa shape index (κ1) is 17.2. The molecule has 0 aliphatic heterocycles. The van der Waals surface area contributed by atoms with Gasteiger partial charge in [-0.1, -0.05) is 45.4 Å². The second kappa shape index (κ2) is 5.18. The summed E-state index contributed by atoms with van der Waals surface area (Å²) < 4.78 is 0. The molecule has 3 heteroatoms. The fourth-order valence-electron chi connectivity index (χ4n) is 6.02. The smallest absolute Gasteiger partial charge is 0.0628 e. The molecular formula is C20H32O3. The van der Waals surface area contributed by atoms with Gasteiger partial charge in [-0.2, -0.15) is 0 Å². The molecule has 130 valence electrons. The second-order valence-electron chi connectivity index (χ2n) is 9.22. The molecule has 2 saturated carbocycles. The van der Waals surface area contributed by atoms with Crippen LogP contribution in [0.3, 0.4) is 0 Å². The maximum Gasteiger partial charge on any atom is 0.0628 e. The molecule has 0 saturated heterocycles. The van der Waals surface area contributed by atoms with Gasteiger partial charge in [0, 0.05) is 23.2 Å². The maximum atomic E-state index is 11.0. The number of rotatable bonds is 1. The van der Waals surface area contributed by atoms with Gasteiger partial charge in [-0.3, -0.25) is 0 Å². The highest BCUT2D eigenvalue weighted by Gasteiger charge is 2.62. The van der Waals surface area contributed by atoms with E-state index >= 15 is 0 Å². The van der Waals surface area contributed by atoms with E-state index in [2.05, 4.69) is 40.3 Å². The molecule has 7 atom stereocenters. The number of aliphatic hydroxyl groups excluding tert-OH is 3. The van der Waals surface area contributed by atoms with Crippen LogP contribution in [-0.2, 0) is 0 Å². The third-order valence-corrected chi connectivity index (χ3v) is 7.48. The van der Waals surface area contributed by atoms with Crippen molar-refractivity contribution in [2.75, 3.05) is 0 Å². The normalized spacial score (nSPS) is 52.1. The molecule has 3 aliphatic rings. The van der Waals surface area contributed by atoms with E-state index < -0.39 is 18.3 Å². The molecule has 0 unspecified atom stereocenters. The largest absolute Gasteiger partial charge is 0.392 e. The lowest BCUT2D eigenvalue weighted by Crippen LogP contribution is -2.63. The number of hydrogen-bond acceptors (Lipinski definition) is 3. The molecule has 3 nitrogen and oxygen atoms in total. The molecule has 0 aromatic rings. The van der Waals surface area contributed by atoms with Gasteiger partial charge in [-0.15, -0.1) is 6.58 Å². The van der Waals surface area contributed by atoms with Crippen LogP contribution in [0.15, 0.2) is 24.3 Å². The lowest BCUT2D eigenvalue weighted by molar-refractivity contribution is -0.202. The summed E-state index contributed by atoms with van der Waals surface area (Å²) >= 11 is 0. The van der Waals surface area contributed by atoms with Gasteiger partial charge in [0.2, 0.25) is 0 Å². The van der Waals surface area contributed by atoms with Gasteiger partial charge in [0.1, 0.15) is 0 Å². The van der Waals surface area contributed by atoms with Gasteiger partial charge >= 0.3 is 0 Å². The van der Waals surface area contributed by atoms with Crippen LogP contribution in [0.2, 0.25) is 0 Å². The first-order valence-electron chi connectivity index (χ1n) is 8.95. The Morgan fingerprint density at radius 3 is 2.39 bits per heavy atom. The van der Waals surface area contributed by atoms with E-state index in [-0.39, 0.29) is 28.1 Å². The van der Waals surface area contributed by atoms with Crippen LogP contribution in [0.4, 0.5) is 0 Å². The molecule has 3 rings (SSSR count). The maximum absolute atomic E-state index is 11.0. The summed E-state index contributed by atoms with van der Waals surface area (Å²) in [6.07, 6.45) is 5.63. The predicted molar refractivity (Wildman–Crippen MR) is 91.7 cm³/mol. The molecule has 0 spiro atoms. The SMILES string of the molecule is C=C[C@]1(C)C=C2CC[C@H]3C(C)(C)[C@@H](O)C[C@H](O)[C@]3(C)[C@H]2[C@H](O)C1. The van der Waals surface area contributed by atoms with Crippen LogP contribution < -0.4 is 0 Å². The van der Waals surface area contributed by atoms with Crippen LogP contribution in [0, 0.1) is 28.1 Å². The molecule has 0 radical (unpaired) electrons. The monoisotopic (exact) mass is 320 g/mol.